The Balaban J connectivity index is 1.79. The fraction of sp³-hybridized carbons (Fsp3) is 0.364. The van der Waals surface area contributed by atoms with Crippen molar-refractivity contribution in [2.75, 3.05) is 26.4 Å². The van der Waals surface area contributed by atoms with E-state index in [9.17, 15) is 15.0 Å². The van der Waals surface area contributed by atoms with Crippen molar-refractivity contribution in [2.45, 2.75) is 46.0 Å². The summed E-state index contributed by atoms with van der Waals surface area (Å²) in [7, 11) is 0. The van der Waals surface area contributed by atoms with E-state index < -0.39 is 5.97 Å². The molecule has 0 saturated carbocycles. The number of aliphatic hydroxyl groups is 2. The monoisotopic (exact) mass is 516 g/mol. The van der Waals surface area contributed by atoms with E-state index in [-0.39, 0.29) is 25.7 Å². The molecule has 0 atom stereocenters. The first-order chi connectivity index (χ1) is 18.5. The molecule has 0 heterocycles. The van der Waals surface area contributed by atoms with Gasteiger partial charge in [-0.05, 0) is 78.1 Å². The highest BCUT2D eigenvalue weighted by Crippen LogP contribution is 2.31. The summed E-state index contributed by atoms with van der Waals surface area (Å²) in [5.74, 6) is 0.0561. The first kappa shape index (κ1) is 29.2. The van der Waals surface area contributed by atoms with Crippen LogP contribution in [0.3, 0.4) is 0 Å². The Bertz CT molecular complexity index is 1180. The molecule has 3 aromatic carbocycles. The molecule has 0 aromatic heterocycles. The average molecular weight is 517 g/mol. The number of carbonyl (C=O) groups is 1. The Morgan fingerprint density at radius 2 is 1.61 bits per heavy atom. The highest BCUT2D eigenvalue weighted by Gasteiger charge is 2.13. The van der Waals surface area contributed by atoms with Gasteiger partial charge in [0.2, 0.25) is 0 Å². The lowest BCUT2D eigenvalue weighted by Gasteiger charge is -2.17. The standard InChI is InChI=1S/C33H40O5/c1-4-28-20-26(11-10-25-8-6-24(3)7-9-25)12-14-31(28)29-13-15-32(37-18-16-27(22-34)23-35)30(21-29)17-19-38-33(36)5-2/h5-9,12-15,20-21,27,34-35H,2,4,10-11,16-19,22-23H2,1,3H3. The van der Waals surface area contributed by atoms with Crippen molar-refractivity contribution < 1.29 is 24.5 Å². The zero-order chi connectivity index (χ0) is 27.3. The van der Waals surface area contributed by atoms with Crippen LogP contribution in [0.4, 0.5) is 0 Å². The van der Waals surface area contributed by atoms with Crippen LogP contribution in [0.2, 0.25) is 0 Å². The van der Waals surface area contributed by atoms with Gasteiger partial charge >= 0.3 is 5.97 Å². The van der Waals surface area contributed by atoms with Gasteiger partial charge in [0.1, 0.15) is 5.75 Å². The van der Waals surface area contributed by atoms with E-state index in [4.69, 9.17) is 9.47 Å². The summed E-state index contributed by atoms with van der Waals surface area (Å²) < 4.78 is 11.2. The predicted molar refractivity (Wildman–Crippen MR) is 152 cm³/mol. The minimum Gasteiger partial charge on any atom is -0.493 e. The van der Waals surface area contributed by atoms with Crippen molar-refractivity contribution in [3.05, 3.63) is 101 Å². The first-order valence-electron chi connectivity index (χ1n) is 13.4. The third-order valence-corrected chi connectivity index (χ3v) is 6.83. The number of benzene rings is 3. The molecule has 0 fully saturated rings. The Morgan fingerprint density at radius 3 is 2.29 bits per heavy atom. The lowest BCUT2D eigenvalue weighted by Crippen LogP contribution is -2.15. The van der Waals surface area contributed by atoms with Gasteiger partial charge in [-0.3, -0.25) is 0 Å². The number of rotatable bonds is 15. The summed E-state index contributed by atoms with van der Waals surface area (Å²) in [6, 6.07) is 21.6. The minimum absolute atomic E-state index is 0.0794. The highest BCUT2D eigenvalue weighted by molar-refractivity contribution is 5.81. The van der Waals surface area contributed by atoms with Crippen LogP contribution in [0.5, 0.6) is 5.75 Å². The van der Waals surface area contributed by atoms with Crippen LogP contribution < -0.4 is 4.74 Å². The van der Waals surface area contributed by atoms with Crippen LogP contribution >= 0.6 is 0 Å². The van der Waals surface area contributed by atoms with E-state index in [1.807, 2.05) is 6.07 Å². The van der Waals surface area contributed by atoms with Gasteiger partial charge < -0.3 is 19.7 Å². The maximum Gasteiger partial charge on any atom is 0.330 e. The molecule has 0 amide bonds. The van der Waals surface area contributed by atoms with Gasteiger partial charge in [0.05, 0.1) is 13.2 Å². The first-order valence-corrected chi connectivity index (χ1v) is 13.4. The van der Waals surface area contributed by atoms with Crippen LogP contribution in [0.15, 0.2) is 73.3 Å². The second kappa shape index (κ2) is 15.1. The maximum atomic E-state index is 11.5. The van der Waals surface area contributed by atoms with Crippen LogP contribution in [0, 0.1) is 12.8 Å². The fourth-order valence-corrected chi connectivity index (χ4v) is 4.40. The molecule has 0 saturated heterocycles. The summed E-state index contributed by atoms with van der Waals surface area (Å²) in [6.07, 6.45) is 5.13. The van der Waals surface area contributed by atoms with Gasteiger partial charge in [-0.1, -0.05) is 67.6 Å². The van der Waals surface area contributed by atoms with Crippen LogP contribution in [-0.4, -0.2) is 42.6 Å². The number of esters is 1. The van der Waals surface area contributed by atoms with Gasteiger partial charge in [0, 0.05) is 31.6 Å². The fourth-order valence-electron chi connectivity index (χ4n) is 4.40. The molecular formula is C33H40O5. The molecule has 3 aromatic rings. The SMILES string of the molecule is C=CC(=O)OCCc1cc(-c2ccc(CCc3ccc(C)cc3)cc2CC)ccc1OCCC(CO)CO. The normalized spacial score (nSPS) is 11.0. The van der Waals surface area contributed by atoms with E-state index in [0.717, 1.165) is 36.5 Å². The molecule has 2 N–H and O–H groups in total. The second-order valence-corrected chi connectivity index (χ2v) is 9.64. The van der Waals surface area contributed by atoms with Crippen molar-refractivity contribution in [1.29, 1.82) is 0 Å². The Morgan fingerprint density at radius 1 is 0.895 bits per heavy atom. The van der Waals surface area contributed by atoms with Crippen LogP contribution in [-0.2, 0) is 35.2 Å². The molecule has 5 heteroatoms. The van der Waals surface area contributed by atoms with E-state index >= 15 is 0 Å². The molecular weight excluding hydrogens is 476 g/mol. The summed E-state index contributed by atoms with van der Waals surface area (Å²) in [4.78, 5) is 11.5. The summed E-state index contributed by atoms with van der Waals surface area (Å²) in [5, 5.41) is 18.7. The van der Waals surface area contributed by atoms with Crippen LogP contribution in [0.25, 0.3) is 11.1 Å². The number of hydrogen-bond donors (Lipinski definition) is 2. The molecule has 0 unspecified atom stereocenters. The van der Waals surface area contributed by atoms with Gasteiger partial charge in [-0.25, -0.2) is 4.79 Å². The molecule has 5 nitrogen and oxygen atoms in total. The molecule has 0 aliphatic carbocycles. The molecule has 38 heavy (non-hydrogen) atoms. The minimum atomic E-state index is -0.452. The molecule has 0 bridgehead atoms. The lowest BCUT2D eigenvalue weighted by molar-refractivity contribution is -0.137. The molecule has 0 aliphatic rings. The number of aliphatic hydroxyl groups excluding tert-OH is 2. The molecule has 202 valence electrons. The second-order valence-electron chi connectivity index (χ2n) is 9.64. The molecule has 3 rings (SSSR count). The van der Waals surface area contributed by atoms with Crippen LogP contribution in [0.1, 0.15) is 41.2 Å². The Kier molecular flexibility index (Phi) is 11.6. The van der Waals surface area contributed by atoms with Crippen molar-refractivity contribution in [2.24, 2.45) is 5.92 Å². The number of aryl methyl sites for hydroxylation is 4. The number of carbonyl (C=O) groups excluding carboxylic acids is 1. The Hall–Kier alpha value is -3.41. The lowest BCUT2D eigenvalue weighted by atomic mass is 9.92. The van der Waals surface area contributed by atoms with Gasteiger partial charge in [0.25, 0.3) is 0 Å². The number of ether oxygens (including phenoxy) is 2. The van der Waals surface area contributed by atoms with Crippen molar-refractivity contribution in [3.63, 3.8) is 0 Å². The van der Waals surface area contributed by atoms with Crippen molar-refractivity contribution in [1.82, 2.24) is 0 Å². The molecule has 0 radical (unpaired) electrons. The van der Waals surface area contributed by atoms with Crippen molar-refractivity contribution in [3.8, 4) is 16.9 Å². The van der Waals surface area contributed by atoms with E-state index in [1.165, 1.54) is 27.8 Å². The molecule has 0 spiro atoms. The summed E-state index contributed by atoms with van der Waals surface area (Å²) >= 11 is 0. The smallest absolute Gasteiger partial charge is 0.330 e. The number of hydrogen-bond acceptors (Lipinski definition) is 5. The van der Waals surface area contributed by atoms with E-state index in [2.05, 4.69) is 75.0 Å². The van der Waals surface area contributed by atoms with Gasteiger partial charge in [-0.15, -0.1) is 0 Å². The summed E-state index contributed by atoms with van der Waals surface area (Å²) in [5.41, 5.74) is 8.45. The predicted octanol–water partition coefficient (Wildman–Crippen LogP) is 5.65. The zero-order valence-electron chi connectivity index (χ0n) is 22.6. The molecule has 0 aliphatic heterocycles. The topological polar surface area (TPSA) is 76.0 Å². The van der Waals surface area contributed by atoms with Gasteiger partial charge in [-0.2, -0.15) is 0 Å². The zero-order valence-corrected chi connectivity index (χ0v) is 22.6. The van der Waals surface area contributed by atoms with Crippen molar-refractivity contribution >= 4 is 5.97 Å². The van der Waals surface area contributed by atoms with Gasteiger partial charge in [0.15, 0.2) is 0 Å². The highest BCUT2D eigenvalue weighted by atomic mass is 16.5. The van der Waals surface area contributed by atoms with E-state index in [1.54, 1.807) is 0 Å². The quantitative estimate of drug-likeness (QED) is 0.202. The maximum absolute atomic E-state index is 11.5. The third kappa shape index (κ3) is 8.57. The average Bonchev–Trinajstić information content (AvgIpc) is 2.95. The Labute approximate surface area is 226 Å². The van der Waals surface area contributed by atoms with E-state index in [0.29, 0.717) is 25.2 Å². The third-order valence-electron chi connectivity index (χ3n) is 6.83. The largest absolute Gasteiger partial charge is 0.493 e. The summed E-state index contributed by atoms with van der Waals surface area (Å²) in [6.45, 7) is 8.17.